The van der Waals surface area contributed by atoms with Crippen molar-refractivity contribution in [2.24, 2.45) is 11.7 Å². The molecule has 2 aliphatic rings. The van der Waals surface area contributed by atoms with Crippen LogP contribution >= 0.6 is 0 Å². The Balaban J connectivity index is 1.55. The fraction of sp³-hybridized carbons (Fsp3) is 0.579. The van der Waals surface area contributed by atoms with Gasteiger partial charge in [0, 0.05) is 6.54 Å². The van der Waals surface area contributed by atoms with Crippen molar-refractivity contribution < 1.29 is 24.2 Å². The van der Waals surface area contributed by atoms with E-state index in [9.17, 15) is 9.59 Å². The van der Waals surface area contributed by atoms with Gasteiger partial charge < -0.3 is 25.6 Å². The number of benzene rings is 1. The Morgan fingerprint density at radius 2 is 2.04 bits per heavy atom. The normalized spacial score (nSPS) is 24.5. The summed E-state index contributed by atoms with van der Waals surface area (Å²) < 4.78 is 11.2. The number of carbonyl (C=O) groups is 2. The number of rotatable bonds is 7. The summed E-state index contributed by atoms with van der Waals surface area (Å²) in [5.41, 5.74) is 6.35. The Kier molecular flexibility index (Phi) is 6.18. The van der Waals surface area contributed by atoms with Crippen LogP contribution in [0.2, 0.25) is 0 Å². The summed E-state index contributed by atoms with van der Waals surface area (Å²) >= 11 is 0. The summed E-state index contributed by atoms with van der Waals surface area (Å²) in [6.45, 7) is 4.59. The van der Waals surface area contributed by atoms with Gasteiger partial charge in [0.25, 0.3) is 6.29 Å². The largest absolute Gasteiger partial charge is 0.480 e. The number of carbonyl (C=O) groups excluding carboxylic acids is 1. The van der Waals surface area contributed by atoms with E-state index < -0.39 is 18.3 Å². The summed E-state index contributed by atoms with van der Waals surface area (Å²) in [6.07, 6.45) is 1.36. The predicted octanol–water partition coefficient (Wildman–Crippen LogP) is 1.19. The second kappa shape index (κ2) is 8.58. The molecule has 1 amide bonds. The third-order valence-electron chi connectivity index (χ3n) is 5.20. The number of ether oxygens (including phenoxy) is 2. The van der Waals surface area contributed by atoms with Crippen LogP contribution in [0.3, 0.4) is 0 Å². The lowest BCUT2D eigenvalue weighted by molar-refractivity contribution is -0.138. The lowest BCUT2D eigenvalue weighted by Crippen LogP contribution is -2.41. The maximum absolute atomic E-state index is 12.2. The molecule has 3 rings (SSSR count). The number of nitrogens with zero attached hydrogens (tertiary/aromatic N) is 1. The van der Waals surface area contributed by atoms with Crippen LogP contribution in [-0.2, 0) is 16.0 Å². The molecule has 1 aromatic rings. The van der Waals surface area contributed by atoms with Gasteiger partial charge in [-0.3, -0.25) is 9.69 Å². The van der Waals surface area contributed by atoms with Crippen LogP contribution < -0.4 is 15.8 Å². The fourth-order valence-corrected chi connectivity index (χ4v) is 3.46. The summed E-state index contributed by atoms with van der Waals surface area (Å²) in [5, 5.41) is 12.2. The van der Waals surface area contributed by atoms with Gasteiger partial charge in [0.1, 0.15) is 17.8 Å². The molecule has 0 aromatic heterocycles. The highest BCUT2D eigenvalue weighted by Crippen LogP contribution is 2.26. The highest BCUT2D eigenvalue weighted by molar-refractivity contribution is 5.73. The van der Waals surface area contributed by atoms with Crippen molar-refractivity contribution >= 4 is 12.1 Å². The first kappa shape index (κ1) is 19.4. The van der Waals surface area contributed by atoms with E-state index in [1.165, 1.54) is 0 Å². The Hall–Kier alpha value is -2.32. The average Bonchev–Trinajstić information content (AvgIpc) is 2.91. The van der Waals surface area contributed by atoms with Crippen molar-refractivity contribution in [3.05, 3.63) is 29.8 Å². The van der Waals surface area contributed by atoms with Gasteiger partial charge >= 0.3 is 12.1 Å². The number of nitrogens with two attached hydrogens (primary N) is 1. The predicted molar refractivity (Wildman–Crippen MR) is 98.4 cm³/mol. The van der Waals surface area contributed by atoms with E-state index in [2.05, 4.69) is 5.32 Å². The zero-order chi connectivity index (χ0) is 19.4. The Morgan fingerprint density at radius 1 is 1.37 bits per heavy atom. The van der Waals surface area contributed by atoms with E-state index in [1.807, 2.05) is 6.92 Å². The number of carboxylic acids is 1. The van der Waals surface area contributed by atoms with Crippen molar-refractivity contribution in [3.8, 4) is 5.75 Å². The smallest absolute Gasteiger partial charge is 0.413 e. The first-order valence-corrected chi connectivity index (χ1v) is 9.36. The van der Waals surface area contributed by atoms with Crippen LogP contribution in [0, 0.1) is 5.92 Å². The molecular weight excluding hydrogens is 350 g/mol. The van der Waals surface area contributed by atoms with Crippen molar-refractivity contribution in [2.45, 2.75) is 44.6 Å². The van der Waals surface area contributed by atoms with E-state index >= 15 is 0 Å². The third-order valence-corrected chi connectivity index (χ3v) is 5.20. The van der Waals surface area contributed by atoms with Gasteiger partial charge in [0.15, 0.2) is 0 Å². The molecule has 4 N–H and O–H groups in total. The molecule has 2 heterocycles. The van der Waals surface area contributed by atoms with Crippen LogP contribution in [0.15, 0.2) is 24.3 Å². The molecule has 0 spiro atoms. The van der Waals surface area contributed by atoms with E-state index in [4.69, 9.17) is 20.3 Å². The SMILES string of the molecule is CC1C(Oc2ccc(CC(N)C(=O)O)cc2)OC(=O)N1CC1CCNCC1. The molecule has 8 heteroatoms. The summed E-state index contributed by atoms with van der Waals surface area (Å²) in [5.74, 6) is 0.0181. The minimum atomic E-state index is -1.03. The maximum atomic E-state index is 12.2. The Bertz CT molecular complexity index is 660. The lowest BCUT2D eigenvalue weighted by atomic mass is 9.97. The van der Waals surface area contributed by atoms with Gasteiger partial charge in [0.2, 0.25) is 0 Å². The average molecular weight is 377 g/mol. The molecule has 27 heavy (non-hydrogen) atoms. The van der Waals surface area contributed by atoms with Gasteiger partial charge in [-0.1, -0.05) is 12.1 Å². The number of cyclic esters (lactones) is 1. The molecule has 0 bridgehead atoms. The molecule has 0 saturated carbocycles. The van der Waals surface area contributed by atoms with Crippen LogP contribution in [0.25, 0.3) is 0 Å². The number of carboxylic acid groups (broad SMARTS) is 1. The monoisotopic (exact) mass is 377 g/mol. The number of piperidine rings is 1. The molecule has 148 valence electrons. The summed E-state index contributed by atoms with van der Waals surface area (Å²) in [6, 6.07) is 5.90. The first-order chi connectivity index (χ1) is 12.9. The molecular formula is C19H27N3O5. The maximum Gasteiger partial charge on any atom is 0.413 e. The van der Waals surface area contributed by atoms with Crippen LogP contribution in [0.1, 0.15) is 25.3 Å². The number of amides is 1. The molecule has 0 radical (unpaired) electrons. The second-order valence-electron chi connectivity index (χ2n) is 7.25. The molecule has 2 saturated heterocycles. The molecule has 3 unspecified atom stereocenters. The quantitative estimate of drug-likeness (QED) is 0.654. The fourth-order valence-electron chi connectivity index (χ4n) is 3.46. The zero-order valence-corrected chi connectivity index (χ0v) is 15.5. The molecule has 3 atom stereocenters. The van der Waals surface area contributed by atoms with Crippen LogP contribution in [-0.4, -0.2) is 60.1 Å². The third kappa shape index (κ3) is 4.90. The van der Waals surface area contributed by atoms with Crippen molar-refractivity contribution in [2.75, 3.05) is 19.6 Å². The highest BCUT2D eigenvalue weighted by atomic mass is 16.7. The molecule has 2 aliphatic heterocycles. The van der Waals surface area contributed by atoms with E-state index in [1.54, 1.807) is 29.2 Å². The first-order valence-electron chi connectivity index (χ1n) is 9.36. The van der Waals surface area contributed by atoms with Crippen LogP contribution in [0.4, 0.5) is 4.79 Å². The molecule has 0 aliphatic carbocycles. The molecule has 1 aromatic carbocycles. The number of aliphatic carboxylic acids is 1. The number of nitrogens with one attached hydrogen (secondary N) is 1. The molecule has 8 nitrogen and oxygen atoms in total. The standard InChI is InChI=1S/C19H27N3O5/c1-12-18(27-19(25)22(12)11-14-6-8-21-9-7-14)26-15-4-2-13(3-5-15)10-16(20)17(23)24/h2-5,12,14,16,18,21H,6-11,20H2,1H3,(H,23,24). The Morgan fingerprint density at radius 3 is 2.67 bits per heavy atom. The van der Waals surface area contributed by atoms with Crippen molar-refractivity contribution in [1.29, 1.82) is 0 Å². The zero-order valence-electron chi connectivity index (χ0n) is 15.5. The van der Waals surface area contributed by atoms with Crippen molar-refractivity contribution in [1.82, 2.24) is 10.2 Å². The van der Waals surface area contributed by atoms with Gasteiger partial charge in [-0.2, -0.15) is 0 Å². The second-order valence-corrected chi connectivity index (χ2v) is 7.25. The van der Waals surface area contributed by atoms with Gasteiger partial charge in [-0.25, -0.2) is 4.79 Å². The minimum Gasteiger partial charge on any atom is -0.480 e. The Labute approximate surface area is 158 Å². The summed E-state index contributed by atoms with van der Waals surface area (Å²) in [4.78, 5) is 24.8. The minimum absolute atomic E-state index is 0.174. The number of hydrogen-bond acceptors (Lipinski definition) is 6. The summed E-state index contributed by atoms with van der Waals surface area (Å²) in [7, 11) is 0. The van der Waals surface area contributed by atoms with E-state index in [-0.39, 0.29) is 18.6 Å². The molecule has 2 fully saturated rings. The topological polar surface area (TPSA) is 114 Å². The van der Waals surface area contributed by atoms with Gasteiger partial charge in [-0.15, -0.1) is 0 Å². The van der Waals surface area contributed by atoms with E-state index in [0.717, 1.165) is 31.5 Å². The number of hydrogen-bond donors (Lipinski definition) is 3. The lowest BCUT2D eigenvalue weighted by Gasteiger charge is -2.28. The van der Waals surface area contributed by atoms with E-state index in [0.29, 0.717) is 18.2 Å². The van der Waals surface area contributed by atoms with Gasteiger partial charge in [-0.05, 0) is 62.9 Å². The highest BCUT2D eigenvalue weighted by Gasteiger charge is 2.41. The van der Waals surface area contributed by atoms with Crippen molar-refractivity contribution in [3.63, 3.8) is 0 Å². The van der Waals surface area contributed by atoms with Gasteiger partial charge in [0.05, 0.1) is 0 Å². The van der Waals surface area contributed by atoms with Crippen LogP contribution in [0.5, 0.6) is 5.75 Å².